The van der Waals surface area contributed by atoms with Gasteiger partial charge in [-0.25, -0.2) is 0 Å². The summed E-state index contributed by atoms with van der Waals surface area (Å²) in [5.41, 5.74) is 0. The van der Waals surface area contributed by atoms with Crippen LogP contribution in [0.5, 0.6) is 0 Å². The van der Waals surface area contributed by atoms with Crippen molar-refractivity contribution >= 4 is 6.41 Å². The van der Waals surface area contributed by atoms with Crippen molar-refractivity contribution in [3.63, 3.8) is 0 Å². The number of likely N-dealkylation sites (tertiary alicyclic amines) is 1. The molecule has 0 aromatic heterocycles. The molecule has 1 rings (SSSR count). The summed E-state index contributed by atoms with van der Waals surface area (Å²) in [5.74, 6) is 0. The number of carbonyl (C=O) groups is 1. The van der Waals surface area contributed by atoms with Crippen molar-refractivity contribution in [3.8, 4) is 0 Å². The second-order valence-electron chi connectivity index (χ2n) is 3.84. The van der Waals surface area contributed by atoms with E-state index in [0.717, 1.165) is 39.0 Å². The molecular weight excluding hydrogens is 166 g/mol. The van der Waals surface area contributed by atoms with Gasteiger partial charge in [-0.15, -0.1) is 0 Å². The molecule has 1 fully saturated rings. The van der Waals surface area contributed by atoms with Crippen molar-refractivity contribution in [3.05, 3.63) is 0 Å². The molecule has 0 radical (unpaired) electrons. The number of rotatable bonds is 5. The van der Waals surface area contributed by atoms with Gasteiger partial charge in [0.2, 0.25) is 6.41 Å². The molecule has 0 aromatic rings. The number of nitrogens with zero attached hydrogens (tertiary/aromatic N) is 2. The van der Waals surface area contributed by atoms with E-state index in [1.807, 2.05) is 4.90 Å². The zero-order valence-corrected chi connectivity index (χ0v) is 8.49. The summed E-state index contributed by atoms with van der Waals surface area (Å²) in [6.07, 6.45) is 2.03. The molecule has 1 heterocycles. The van der Waals surface area contributed by atoms with Gasteiger partial charge < -0.3 is 15.1 Å². The van der Waals surface area contributed by atoms with E-state index in [0.29, 0.717) is 6.04 Å². The van der Waals surface area contributed by atoms with Gasteiger partial charge in [0, 0.05) is 32.2 Å². The highest BCUT2D eigenvalue weighted by atomic mass is 16.1. The van der Waals surface area contributed by atoms with Crippen LogP contribution in [0, 0.1) is 0 Å². The molecule has 4 heteroatoms. The Balaban J connectivity index is 2.07. The molecule has 13 heavy (non-hydrogen) atoms. The number of carbonyl (C=O) groups excluding carboxylic acids is 1. The highest BCUT2D eigenvalue weighted by Crippen LogP contribution is 2.05. The molecule has 1 atom stereocenters. The fourth-order valence-corrected chi connectivity index (χ4v) is 1.54. The van der Waals surface area contributed by atoms with E-state index in [1.165, 1.54) is 0 Å². The van der Waals surface area contributed by atoms with Gasteiger partial charge in [-0.05, 0) is 20.5 Å². The van der Waals surface area contributed by atoms with E-state index in [4.69, 9.17) is 0 Å². The zero-order valence-electron chi connectivity index (χ0n) is 8.49. The lowest BCUT2D eigenvalue weighted by Gasteiger charge is -2.15. The van der Waals surface area contributed by atoms with E-state index in [-0.39, 0.29) is 0 Å². The lowest BCUT2D eigenvalue weighted by molar-refractivity contribution is -0.117. The topological polar surface area (TPSA) is 35.6 Å². The zero-order chi connectivity index (χ0) is 9.68. The Hall–Kier alpha value is -0.610. The number of amides is 1. The molecule has 0 aliphatic carbocycles. The van der Waals surface area contributed by atoms with Crippen molar-refractivity contribution in [1.82, 2.24) is 15.1 Å². The van der Waals surface area contributed by atoms with Crippen LogP contribution >= 0.6 is 0 Å². The van der Waals surface area contributed by atoms with Crippen LogP contribution in [0.25, 0.3) is 0 Å². The van der Waals surface area contributed by atoms with Crippen molar-refractivity contribution in [1.29, 1.82) is 0 Å². The molecule has 0 saturated carbocycles. The third-order valence-corrected chi connectivity index (χ3v) is 2.36. The SMILES string of the molecule is CN(C)CCN[C@H]1CCN(C=O)C1. The van der Waals surface area contributed by atoms with Crippen LogP contribution in [0.2, 0.25) is 0 Å². The highest BCUT2D eigenvalue weighted by molar-refractivity contribution is 5.47. The fraction of sp³-hybridized carbons (Fsp3) is 0.889. The second-order valence-corrected chi connectivity index (χ2v) is 3.84. The maximum atomic E-state index is 10.4. The van der Waals surface area contributed by atoms with Crippen LogP contribution in [-0.4, -0.2) is 62.5 Å². The quantitative estimate of drug-likeness (QED) is 0.579. The predicted octanol–water partition coefficient (Wildman–Crippen LogP) is -0.632. The van der Waals surface area contributed by atoms with Crippen LogP contribution in [0.3, 0.4) is 0 Å². The van der Waals surface area contributed by atoms with E-state index >= 15 is 0 Å². The van der Waals surface area contributed by atoms with Crippen LogP contribution in [-0.2, 0) is 4.79 Å². The summed E-state index contributed by atoms with van der Waals surface area (Å²) in [7, 11) is 4.13. The number of hydrogen-bond donors (Lipinski definition) is 1. The van der Waals surface area contributed by atoms with Gasteiger partial charge in [0.05, 0.1) is 0 Å². The molecule has 1 saturated heterocycles. The van der Waals surface area contributed by atoms with Gasteiger partial charge in [-0.1, -0.05) is 0 Å². The maximum Gasteiger partial charge on any atom is 0.209 e. The summed E-state index contributed by atoms with van der Waals surface area (Å²) >= 11 is 0. The number of nitrogens with one attached hydrogen (secondary N) is 1. The first-order valence-corrected chi connectivity index (χ1v) is 4.80. The Morgan fingerprint density at radius 2 is 2.38 bits per heavy atom. The Bertz CT molecular complexity index is 161. The first kappa shape index (κ1) is 10.5. The molecule has 0 spiro atoms. The van der Waals surface area contributed by atoms with Gasteiger partial charge in [0.1, 0.15) is 0 Å². The van der Waals surface area contributed by atoms with Crippen LogP contribution in [0.15, 0.2) is 0 Å². The van der Waals surface area contributed by atoms with E-state index in [9.17, 15) is 4.79 Å². The molecular formula is C9H19N3O. The predicted molar refractivity (Wildman–Crippen MR) is 52.6 cm³/mol. The van der Waals surface area contributed by atoms with E-state index < -0.39 is 0 Å². The second kappa shape index (κ2) is 5.19. The van der Waals surface area contributed by atoms with E-state index in [1.54, 1.807) is 0 Å². The maximum absolute atomic E-state index is 10.4. The summed E-state index contributed by atoms with van der Waals surface area (Å²) in [4.78, 5) is 14.4. The largest absolute Gasteiger partial charge is 0.344 e. The Labute approximate surface area is 79.9 Å². The first-order chi connectivity index (χ1) is 6.22. The Kier molecular flexibility index (Phi) is 4.18. The summed E-state index contributed by atoms with van der Waals surface area (Å²) in [5, 5.41) is 3.44. The molecule has 0 bridgehead atoms. The molecule has 1 N–H and O–H groups in total. The highest BCUT2D eigenvalue weighted by Gasteiger charge is 2.19. The average molecular weight is 185 g/mol. The molecule has 1 aliphatic rings. The average Bonchev–Trinajstić information content (AvgIpc) is 2.52. The van der Waals surface area contributed by atoms with Crippen molar-refractivity contribution in [2.24, 2.45) is 0 Å². The molecule has 1 aliphatic heterocycles. The first-order valence-electron chi connectivity index (χ1n) is 4.80. The van der Waals surface area contributed by atoms with Crippen LogP contribution in [0.1, 0.15) is 6.42 Å². The smallest absolute Gasteiger partial charge is 0.209 e. The number of hydrogen-bond acceptors (Lipinski definition) is 3. The monoisotopic (exact) mass is 185 g/mol. The van der Waals surface area contributed by atoms with Gasteiger partial charge in [-0.3, -0.25) is 4.79 Å². The van der Waals surface area contributed by atoms with E-state index in [2.05, 4.69) is 24.3 Å². The molecule has 4 nitrogen and oxygen atoms in total. The molecule has 76 valence electrons. The minimum Gasteiger partial charge on any atom is -0.344 e. The lowest BCUT2D eigenvalue weighted by atomic mass is 10.2. The molecule has 0 aromatic carbocycles. The third-order valence-electron chi connectivity index (χ3n) is 2.36. The summed E-state index contributed by atoms with van der Waals surface area (Å²) < 4.78 is 0. The van der Waals surface area contributed by atoms with Gasteiger partial charge in [0.15, 0.2) is 0 Å². The lowest BCUT2D eigenvalue weighted by Crippen LogP contribution is -2.36. The van der Waals surface area contributed by atoms with Crippen molar-refractivity contribution < 1.29 is 4.79 Å². The molecule has 0 unspecified atom stereocenters. The van der Waals surface area contributed by atoms with Gasteiger partial charge in [-0.2, -0.15) is 0 Å². The van der Waals surface area contributed by atoms with Crippen LogP contribution in [0.4, 0.5) is 0 Å². The molecule has 1 amide bonds. The summed E-state index contributed by atoms with van der Waals surface area (Å²) in [6, 6.07) is 0.505. The van der Waals surface area contributed by atoms with Crippen molar-refractivity contribution in [2.75, 3.05) is 40.3 Å². The van der Waals surface area contributed by atoms with Crippen LogP contribution < -0.4 is 5.32 Å². The third kappa shape index (κ3) is 3.74. The minimum atomic E-state index is 0.505. The fourth-order valence-electron chi connectivity index (χ4n) is 1.54. The van der Waals surface area contributed by atoms with Gasteiger partial charge in [0.25, 0.3) is 0 Å². The number of likely N-dealkylation sites (N-methyl/N-ethyl adjacent to an activating group) is 1. The standard InChI is InChI=1S/C9H19N3O/c1-11(2)6-4-10-9-3-5-12(7-9)8-13/h8-10H,3-7H2,1-2H3/t9-/m0/s1. The Morgan fingerprint density at radius 3 is 2.92 bits per heavy atom. The minimum absolute atomic E-state index is 0.505. The van der Waals surface area contributed by atoms with Crippen molar-refractivity contribution in [2.45, 2.75) is 12.5 Å². The summed E-state index contributed by atoms with van der Waals surface area (Å²) in [6.45, 7) is 3.84. The normalized spacial score (nSPS) is 22.7. The Morgan fingerprint density at radius 1 is 1.62 bits per heavy atom. The van der Waals surface area contributed by atoms with Gasteiger partial charge >= 0.3 is 0 Å².